The molecule has 0 bridgehead atoms. The Hall–Kier alpha value is -1.73. The Morgan fingerprint density at radius 2 is 1.52 bits per heavy atom. The fourth-order valence-electron chi connectivity index (χ4n) is 2.57. The van der Waals surface area contributed by atoms with Crippen LogP contribution in [0.2, 0.25) is 10.0 Å². The Morgan fingerprint density at radius 1 is 0.840 bits per heavy atom. The van der Waals surface area contributed by atoms with Crippen LogP contribution in [0.15, 0.2) is 35.3 Å². The van der Waals surface area contributed by atoms with E-state index in [2.05, 4.69) is 4.99 Å². The summed E-state index contributed by atoms with van der Waals surface area (Å²) in [6.07, 6.45) is -9.82. The van der Waals surface area contributed by atoms with Crippen LogP contribution < -0.4 is 0 Å². The summed E-state index contributed by atoms with van der Waals surface area (Å²) in [6.45, 7) is 0. The summed E-state index contributed by atoms with van der Waals surface area (Å²) in [4.78, 5) is 3.47. The van der Waals surface area contributed by atoms with Crippen molar-refractivity contribution in [1.82, 2.24) is 0 Å². The monoisotopic (exact) mass is 397 g/mol. The Morgan fingerprint density at radius 3 is 2.12 bits per heavy atom. The summed E-state index contributed by atoms with van der Waals surface area (Å²) in [5.41, 5.74) is -2.15. The van der Waals surface area contributed by atoms with Crippen molar-refractivity contribution >= 4 is 34.6 Å². The van der Waals surface area contributed by atoms with E-state index in [-0.39, 0.29) is 32.4 Å². The Balaban J connectivity index is 2.13. The molecule has 0 aromatic heterocycles. The minimum atomic E-state index is -4.70. The summed E-state index contributed by atoms with van der Waals surface area (Å²) in [6, 6.07) is 5.49. The van der Waals surface area contributed by atoms with Crippen LogP contribution in [0.1, 0.15) is 11.1 Å². The molecular weight excluding hydrogens is 391 g/mol. The number of rotatable bonds is 1. The van der Waals surface area contributed by atoms with Crippen molar-refractivity contribution in [2.75, 3.05) is 0 Å². The van der Waals surface area contributed by atoms with Gasteiger partial charge in [-0.15, -0.1) is 0 Å². The fourth-order valence-corrected chi connectivity index (χ4v) is 3.01. The molecule has 1 nitrogen and oxygen atoms in total. The first-order chi connectivity index (χ1) is 11.5. The van der Waals surface area contributed by atoms with Crippen molar-refractivity contribution in [3.63, 3.8) is 0 Å². The Bertz CT molecular complexity index is 883. The first-order valence-corrected chi connectivity index (χ1v) is 7.56. The number of hydrogen-bond acceptors (Lipinski definition) is 1. The highest BCUT2D eigenvalue weighted by molar-refractivity contribution is 6.34. The molecule has 3 rings (SSSR count). The average Bonchev–Trinajstić information content (AvgIpc) is 2.88. The van der Waals surface area contributed by atoms with Crippen molar-refractivity contribution in [3.05, 3.63) is 51.5 Å². The van der Waals surface area contributed by atoms with E-state index in [1.807, 2.05) is 0 Å². The minimum absolute atomic E-state index is 0.00333. The predicted octanol–water partition coefficient (Wildman–Crippen LogP) is 6.87. The molecule has 0 saturated carbocycles. The smallest absolute Gasteiger partial charge is 0.248 e. The van der Waals surface area contributed by atoms with Crippen LogP contribution in [-0.2, 0) is 12.6 Å². The molecule has 1 aliphatic heterocycles. The lowest BCUT2D eigenvalue weighted by Gasteiger charge is -2.15. The third-order valence-corrected chi connectivity index (χ3v) is 4.23. The molecule has 2 aromatic rings. The summed E-state index contributed by atoms with van der Waals surface area (Å²) in [5.74, 6) is 0. The van der Waals surface area contributed by atoms with Gasteiger partial charge in [0, 0.05) is 17.0 Å². The van der Waals surface area contributed by atoms with Crippen LogP contribution in [0.5, 0.6) is 0 Å². The maximum atomic E-state index is 13.3. The normalized spacial score (nSPS) is 14.5. The van der Waals surface area contributed by atoms with Gasteiger partial charge in [-0.2, -0.15) is 26.3 Å². The molecule has 2 aromatic carbocycles. The maximum Gasteiger partial charge on any atom is 0.429 e. The van der Waals surface area contributed by atoms with Gasteiger partial charge in [-0.05, 0) is 35.4 Å². The first-order valence-electron chi connectivity index (χ1n) is 6.81. The van der Waals surface area contributed by atoms with Gasteiger partial charge in [0.2, 0.25) is 0 Å². The summed E-state index contributed by atoms with van der Waals surface area (Å²) < 4.78 is 78.2. The molecule has 0 radical (unpaired) electrons. The number of hydrogen-bond donors (Lipinski definition) is 0. The van der Waals surface area contributed by atoms with Crippen molar-refractivity contribution in [2.45, 2.75) is 18.8 Å². The van der Waals surface area contributed by atoms with E-state index in [4.69, 9.17) is 23.2 Å². The highest BCUT2D eigenvalue weighted by Crippen LogP contribution is 2.44. The van der Waals surface area contributed by atoms with E-state index >= 15 is 0 Å². The fraction of sp³-hybridized carbons (Fsp3) is 0.188. The highest BCUT2D eigenvalue weighted by Gasteiger charge is 2.39. The van der Waals surface area contributed by atoms with Gasteiger partial charge in [-0.25, -0.2) is 4.99 Å². The van der Waals surface area contributed by atoms with Gasteiger partial charge < -0.3 is 0 Å². The zero-order chi connectivity index (χ0) is 18.6. The van der Waals surface area contributed by atoms with Gasteiger partial charge in [0.1, 0.15) is 5.71 Å². The largest absolute Gasteiger partial charge is 0.429 e. The third-order valence-electron chi connectivity index (χ3n) is 3.69. The highest BCUT2D eigenvalue weighted by atomic mass is 35.5. The summed E-state index contributed by atoms with van der Waals surface area (Å²) in [7, 11) is 0. The van der Waals surface area contributed by atoms with Crippen LogP contribution in [0.25, 0.3) is 11.1 Å². The van der Waals surface area contributed by atoms with Crippen molar-refractivity contribution in [1.29, 1.82) is 0 Å². The topological polar surface area (TPSA) is 12.4 Å². The molecule has 0 atom stereocenters. The molecule has 0 fully saturated rings. The van der Waals surface area contributed by atoms with Crippen LogP contribution in [0.3, 0.4) is 0 Å². The molecule has 0 aliphatic carbocycles. The maximum absolute atomic E-state index is 13.3. The predicted molar refractivity (Wildman–Crippen MR) is 83.8 cm³/mol. The van der Waals surface area contributed by atoms with Gasteiger partial charge in [-0.1, -0.05) is 29.3 Å². The third kappa shape index (κ3) is 3.48. The molecule has 0 amide bonds. The lowest BCUT2D eigenvalue weighted by atomic mass is 9.96. The number of nitrogens with zero attached hydrogens (tertiary/aromatic N) is 1. The second-order valence-corrected chi connectivity index (χ2v) is 6.23. The lowest BCUT2D eigenvalue weighted by Crippen LogP contribution is -2.22. The van der Waals surface area contributed by atoms with E-state index in [0.717, 1.165) is 18.2 Å². The lowest BCUT2D eigenvalue weighted by molar-refractivity contribution is -0.137. The van der Waals surface area contributed by atoms with Crippen LogP contribution in [0.4, 0.5) is 32.0 Å². The molecule has 0 saturated heterocycles. The van der Waals surface area contributed by atoms with Gasteiger partial charge in [0.05, 0.1) is 16.3 Å². The second-order valence-electron chi connectivity index (χ2n) is 5.38. The quantitative estimate of drug-likeness (QED) is 0.465. The number of fused-ring (bicyclic) bond motifs is 1. The number of alkyl halides is 6. The van der Waals surface area contributed by atoms with Gasteiger partial charge in [0.25, 0.3) is 0 Å². The standard InChI is InChI=1S/C16H7Cl2F6N/c17-8-1-2-9(11(5-8)15(19,20)21)10-3-7-4-14(16(22,23)24)25-13(7)6-12(10)18/h1-3,5-6H,4H2. The molecule has 9 heteroatoms. The van der Waals surface area contributed by atoms with E-state index < -0.39 is 30.0 Å². The van der Waals surface area contributed by atoms with E-state index in [1.165, 1.54) is 12.1 Å². The molecule has 1 aliphatic rings. The van der Waals surface area contributed by atoms with Gasteiger partial charge in [-0.3, -0.25) is 0 Å². The van der Waals surface area contributed by atoms with E-state index in [9.17, 15) is 26.3 Å². The van der Waals surface area contributed by atoms with Gasteiger partial charge in [0.15, 0.2) is 0 Å². The van der Waals surface area contributed by atoms with Crippen molar-refractivity contribution in [3.8, 4) is 11.1 Å². The zero-order valence-electron chi connectivity index (χ0n) is 12.1. The van der Waals surface area contributed by atoms with Gasteiger partial charge >= 0.3 is 12.4 Å². The minimum Gasteiger partial charge on any atom is -0.248 e. The zero-order valence-corrected chi connectivity index (χ0v) is 13.6. The number of aliphatic imine (C=N–C) groups is 1. The molecule has 25 heavy (non-hydrogen) atoms. The number of halogens is 8. The number of benzene rings is 2. The molecule has 1 heterocycles. The van der Waals surface area contributed by atoms with Crippen molar-refractivity contribution < 1.29 is 26.3 Å². The average molecular weight is 398 g/mol. The Kier molecular flexibility index (Phi) is 4.28. The first kappa shape index (κ1) is 18.1. The van der Waals surface area contributed by atoms with E-state index in [1.54, 1.807) is 0 Å². The van der Waals surface area contributed by atoms with Crippen LogP contribution >= 0.6 is 23.2 Å². The molecule has 0 spiro atoms. The summed E-state index contributed by atoms with van der Waals surface area (Å²) in [5, 5.41) is -0.241. The molecular formula is C16H7Cl2F6N. The van der Waals surface area contributed by atoms with Crippen LogP contribution in [-0.4, -0.2) is 11.9 Å². The molecule has 132 valence electrons. The molecule has 0 unspecified atom stereocenters. The van der Waals surface area contributed by atoms with Crippen molar-refractivity contribution in [2.24, 2.45) is 4.99 Å². The van der Waals surface area contributed by atoms with Crippen LogP contribution in [0, 0.1) is 0 Å². The second kappa shape index (κ2) is 5.92. The summed E-state index contributed by atoms with van der Waals surface area (Å²) >= 11 is 11.7. The molecule has 0 N–H and O–H groups in total. The Labute approximate surface area is 147 Å². The van der Waals surface area contributed by atoms with E-state index in [0.29, 0.717) is 0 Å². The SMILES string of the molecule is FC(F)(F)C1=Nc2cc(Cl)c(-c3ccc(Cl)cc3C(F)(F)F)cc2C1.